The number of rotatable bonds is 6. The molecular weight excluding hydrogens is 370 g/mol. The van der Waals surface area contributed by atoms with Crippen molar-refractivity contribution < 1.29 is 13.2 Å². The zero-order valence-corrected chi connectivity index (χ0v) is 15.6. The Labute approximate surface area is 156 Å². The standard InChI is InChI=1S/C18H17N3O3S2/c1-2-21(15-8-4-3-5-9-15)26(23,24)16-10-6-7-14(13-16)17(22)20-18-19-11-12-25-18/h3-13H,2H2,1H3,(H,19,20,22). The van der Waals surface area contributed by atoms with Crippen molar-refractivity contribution in [3.8, 4) is 0 Å². The summed E-state index contributed by atoms with van der Waals surface area (Å²) in [5, 5.41) is 4.86. The van der Waals surface area contributed by atoms with Crippen molar-refractivity contribution in [2.24, 2.45) is 0 Å². The zero-order valence-electron chi connectivity index (χ0n) is 14.0. The lowest BCUT2D eigenvalue weighted by Crippen LogP contribution is -2.30. The third kappa shape index (κ3) is 3.76. The number of nitrogens with zero attached hydrogens (tertiary/aromatic N) is 2. The Balaban J connectivity index is 1.92. The molecule has 0 spiro atoms. The van der Waals surface area contributed by atoms with Crippen LogP contribution in [0.4, 0.5) is 10.8 Å². The molecule has 0 unspecified atom stereocenters. The highest BCUT2D eigenvalue weighted by molar-refractivity contribution is 7.92. The average molecular weight is 387 g/mol. The molecule has 0 saturated heterocycles. The summed E-state index contributed by atoms with van der Waals surface area (Å²) in [6.45, 7) is 2.05. The minimum Gasteiger partial charge on any atom is -0.298 e. The number of aromatic nitrogens is 1. The quantitative estimate of drug-likeness (QED) is 0.701. The number of amides is 1. The Morgan fingerprint density at radius 1 is 1.15 bits per heavy atom. The number of anilines is 2. The number of sulfonamides is 1. The third-order valence-electron chi connectivity index (χ3n) is 3.67. The lowest BCUT2D eigenvalue weighted by atomic mass is 10.2. The Kier molecular flexibility index (Phi) is 5.34. The van der Waals surface area contributed by atoms with Crippen molar-refractivity contribution >= 4 is 38.1 Å². The van der Waals surface area contributed by atoms with Gasteiger partial charge >= 0.3 is 0 Å². The molecule has 0 aliphatic rings. The molecular formula is C18H17N3O3S2. The van der Waals surface area contributed by atoms with Crippen molar-refractivity contribution in [1.82, 2.24) is 4.98 Å². The SMILES string of the molecule is CCN(c1ccccc1)S(=O)(=O)c1cccc(C(=O)Nc2nccs2)c1. The van der Waals surface area contributed by atoms with Gasteiger partial charge in [0.25, 0.3) is 15.9 Å². The van der Waals surface area contributed by atoms with E-state index in [2.05, 4.69) is 10.3 Å². The minimum atomic E-state index is -3.78. The number of carbonyl (C=O) groups excluding carboxylic acids is 1. The van der Waals surface area contributed by atoms with E-state index in [0.717, 1.165) is 0 Å². The molecule has 0 aliphatic carbocycles. The maximum Gasteiger partial charge on any atom is 0.264 e. The molecule has 0 atom stereocenters. The van der Waals surface area contributed by atoms with E-state index < -0.39 is 15.9 Å². The van der Waals surface area contributed by atoms with Gasteiger partial charge in [-0.05, 0) is 37.3 Å². The first-order valence-corrected chi connectivity index (χ1v) is 10.2. The molecule has 26 heavy (non-hydrogen) atoms. The van der Waals surface area contributed by atoms with Crippen LogP contribution in [0.3, 0.4) is 0 Å². The first kappa shape index (κ1) is 18.1. The molecule has 0 fully saturated rings. The normalized spacial score (nSPS) is 11.1. The highest BCUT2D eigenvalue weighted by Crippen LogP contribution is 2.24. The molecule has 0 bridgehead atoms. The number of thiazole rings is 1. The fourth-order valence-corrected chi connectivity index (χ4v) is 4.51. The van der Waals surface area contributed by atoms with Crippen LogP contribution in [-0.2, 0) is 10.0 Å². The second kappa shape index (κ2) is 7.67. The summed E-state index contributed by atoms with van der Waals surface area (Å²) >= 11 is 1.29. The van der Waals surface area contributed by atoms with Crippen LogP contribution in [0.15, 0.2) is 71.1 Å². The summed E-state index contributed by atoms with van der Waals surface area (Å²) in [6.07, 6.45) is 1.58. The fraction of sp³-hybridized carbons (Fsp3) is 0.111. The highest BCUT2D eigenvalue weighted by atomic mass is 32.2. The molecule has 1 aromatic heterocycles. The summed E-state index contributed by atoms with van der Waals surface area (Å²) in [7, 11) is -3.78. The number of nitrogens with one attached hydrogen (secondary N) is 1. The number of hydrogen-bond donors (Lipinski definition) is 1. The molecule has 3 rings (SSSR count). The summed E-state index contributed by atoms with van der Waals surface area (Å²) in [5.41, 5.74) is 0.832. The number of benzene rings is 2. The lowest BCUT2D eigenvalue weighted by molar-refractivity contribution is 0.102. The molecule has 1 N–H and O–H groups in total. The molecule has 134 valence electrons. The molecule has 0 radical (unpaired) electrons. The van der Waals surface area contributed by atoms with Gasteiger partial charge in [-0.15, -0.1) is 11.3 Å². The predicted octanol–water partition coefficient (Wildman–Crippen LogP) is 3.61. The largest absolute Gasteiger partial charge is 0.298 e. The third-order valence-corrected chi connectivity index (χ3v) is 6.26. The Hall–Kier alpha value is -2.71. The van der Waals surface area contributed by atoms with Crippen molar-refractivity contribution in [1.29, 1.82) is 0 Å². The topological polar surface area (TPSA) is 79.4 Å². The average Bonchev–Trinajstić information content (AvgIpc) is 3.16. The maximum atomic E-state index is 13.0. The first-order valence-electron chi connectivity index (χ1n) is 7.91. The Morgan fingerprint density at radius 3 is 2.58 bits per heavy atom. The molecule has 0 aliphatic heterocycles. The van der Waals surface area contributed by atoms with Crippen LogP contribution >= 0.6 is 11.3 Å². The van der Waals surface area contributed by atoms with Crippen LogP contribution in [0, 0.1) is 0 Å². The molecule has 1 heterocycles. The van der Waals surface area contributed by atoms with Gasteiger partial charge in [0.2, 0.25) is 0 Å². The van der Waals surface area contributed by atoms with Gasteiger partial charge in [-0.1, -0.05) is 24.3 Å². The summed E-state index contributed by atoms with van der Waals surface area (Å²) in [4.78, 5) is 16.4. The number of carbonyl (C=O) groups is 1. The number of para-hydroxylation sites is 1. The van der Waals surface area contributed by atoms with E-state index in [4.69, 9.17) is 0 Å². The van der Waals surface area contributed by atoms with Gasteiger partial charge in [0.15, 0.2) is 5.13 Å². The summed E-state index contributed by atoms with van der Waals surface area (Å²) < 4.78 is 27.4. The molecule has 3 aromatic rings. The molecule has 2 aromatic carbocycles. The van der Waals surface area contributed by atoms with E-state index in [1.165, 1.54) is 27.8 Å². The minimum absolute atomic E-state index is 0.0648. The van der Waals surface area contributed by atoms with Crippen molar-refractivity contribution in [3.05, 3.63) is 71.7 Å². The van der Waals surface area contributed by atoms with Gasteiger partial charge in [-0.2, -0.15) is 0 Å². The van der Waals surface area contributed by atoms with E-state index in [9.17, 15) is 13.2 Å². The summed E-state index contributed by atoms with van der Waals surface area (Å²) in [6, 6.07) is 14.9. The monoisotopic (exact) mass is 387 g/mol. The second-order valence-electron chi connectivity index (χ2n) is 5.32. The van der Waals surface area contributed by atoms with E-state index in [-0.39, 0.29) is 17.0 Å². The van der Waals surface area contributed by atoms with Crippen LogP contribution in [0.1, 0.15) is 17.3 Å². The molecule has 6 nitrogen and oxygen atoms in total. The predicted molar refractivity (Wildman–Crippen MR) is 103 cm³/mol. The van der Waals surface area contributed by atoms with Crippen molar-refractivity contribution in [2.75, 3.05) is 16.2 Å². The van der Waals surface area contributed by atoms with Gasteiger partial charge in [0.05, 0.1) is 10.6 Å². The Morgan fingerprint density at radius 2 is 1.92 bits per heavy atom. The molecule has 1 amide bonds. The maximum absolute atomic E-state index is 13.0. The van der Waals surface area contributed by atoms with E-state index in [1.54, 1.807) is 54.9 Å². The van der Waals surface area contributed by atoms with Gasteiger partial charge in [-0.3, -0.25) is 14.4 Å². The number of hydrogen-bond acceptors (Lipinski definition) is 5. The van der Waals surface area contributed by atoms with E-state index >= 15 is 0 Å². The second-order valence-corrected chi connectivity index (χ2v) is 8.08. The van der Waals surface area contributed by atoms with E-state index in [0.29, 0.717) is 10.8 Å². The molecule has 8 heteroatoms. The van der Waals surface area contributed by atoms with Crippen LogP contribution in [0.25, 0.3) is 0 Å². The van der Waals surface area contributed by atoms with E-state index in [1.807, 2.05) is 6.07 Å². The van der Waals surface area contributed by atoms with Crippen LogP contribution in [0.5, 0.6) is 0 Å². The highest BCUT2D eigenvalue weighted by Gasteiger charge is 2.24. The fourth-order valence-electron chi connectivity index (χ4n) is 2.47. The van der Waals surface area contributed by atoms with Crippen molar-refractivity contribution in [2.45, 2.75) is 11.8 Å². The van der Waals surface area contributed by atoms with Gasteiger partial charge < -0.3 is 0 Å². The van der Waals surface area contributed by atoms with Gasteiger partial charge in [0.1, 0.15) is 0 Å². The van der Waals surface area contributed by atoms with Crippen LogP contribution in [-0.4, -0.2) is 25.9 Å². The van der Waals surface area contributed by atoms with Crippen LogP contribution in [0.2, 0.25) is 0 Å². The smallest absolute Gasteiger partial charge is 0.264 e. The zero-order chi connectivity index (χ0) is 18.6. The lowest BCUT2D eigenvalue weighted by Gasteiger charge is -2.23. The first-order chi connectivity index (χ1) is 12.5. The summed E-state index contributed by atoms with van der Waals surface area (Å²) in [5.74, 6) is -0.403. The van der Waals surface area contributed by atoms with Gasteiger partial charge in [-0.25, -0.2) is 13.4 Å². The molecule has 0 saturated carbocycles. The van der Waals surface area contributed by atoms with Crippen molar-refractivity contribution in [3.63, 3.8) is 0 Å². The van der Waals surface area contributed by atoms with Gasteiger partial charge in [0, 0.05) is 23.7 Å². The Bertz CT molecular complexity index is 988. The van der Waals surface area contributed by atoms with Crippen LogP contribution < -0.4 is 9.62 Å².